The fraction of sp³-hybridized carbons (Fsp3) is 0.880. The van der Waals surface area contributed by atoms with Gasteiger partial charge in [-0.25, -0.2) is 0 Å². The van der Waals surface area contributed by atoms with Crippen molar-refractivity contribution in [2.45, 2.75) is 260 Å². The molecule has 0 saturated heterocycles. The molecule has 2 aliphatic rings. The molecule has 0 fully saturated rings. The van der Waals surface area contributed by atoms with Gasteiger partial charge in [-0.15, -0.1) is 0 Å². The summed E-state index contributed by atoms with van der Waals surface area (Å²) in [4.78, 5) is 24.0. The molecule has 0 unspecified atom stereocenters. The van der Waals surface area contributed by atoms with E-state index in [2.05, 4.69) is 27.7 Å². The summed E-state index contributed by atoms with van der Waals surface area (Å²) >= 11 is 0. The molecule has 0 bridgehead atoms. The summed E-state index contributed by atoms with van der Waals surface area (Å²) in [6.45, 7) is 14.1. The quantitative estimate of drug-likeness (QED) is 0.0670. The number of aliphatic hydroxyl groups is 2. The van der Waals surface area contributed by atoms with Crippen LogP contribution in [0.4, 0.5) is 0 Å². The van der Waals surface area contributed by atoms with Crippen LogP contribution in [0.3, 0.4) is 0 Å². The third-order valence-corrected chi connectivity index (χ3v) is 13.0. The number of carbonyl (C=O) groups is 2. The molecule has 0 aromatic carbocycles. The third kappa shape index (κ3) is 23.7. The number of ketones is 2. The van der Waals surface area contributed by atoms with E-state index in [0.717, 1.165) is 62.5 Å². The molecule has 0 saturated carbocycles. The molecule has 0 radical (unpaired) electrons. The molecule has 316 valence electrons. The maximum atomic E-state index is 12.0. The van der Waals surface area contributed by atoms with E-state index in [9.17, 15) is 9.59 Å². The normalized spacial score (nSPS) is 17.0. The van der Waals surface area contributed by atoms with Gasteiger partial charge in [-0.3, -0.25) is 9.59 Å². The van der Waals surface area contributed by atoms with Crippen LogP contribution >= 0.6 is 0 Å². The van der Waals surface area contributed by atoms with Gasteiger partial charge in [0.2, 0.25) is 0 Å². The number of rotatable bonds is 32. The molecule has 0 heterocycles. The molecule has 0 aromatic heterocycles. The molecular formula is C50H92O4. The van der Waals surface area contributed by atoms with Gasteiger partial charge in [-0.2, -0.15) is 0 Å². The lowest BCUT2D eigenvalue weighted by atomic mass is 9.70. The first-order valence-electron chi connectivity index (χ1n) is 23.7. The van der Waals surface area contributed by atoms with E-state index >= 15 is 0 Å². The van der Waals surface area contributed by atoms with Crippen molar-refractivity contribution >= 4 is 11.6 Å². The number of hydrogen-bond acceptors (Lipinski definition) is 4. The number of allylic oxidation sites excluding steroid dienone is 4. The summed E-state index contributed by atoms with van der Waals surface area (Å²) in [5.74, 6) is 0.768. The molecular weight excluding hydrogens is 665 g/mol. The van der Waals surface area contributed by atoms with E-state index in [1.54, 1.807) is 0 Å². The van der Waals surface area contributed by atoms with Gasteiger partial charge in [-0.1, -0.05) is 193 Å². The van der Waals surface area contributed by atoms with E-state index in [4.69, 9.17) is 10.2 Å². The van der Waals surface area contributed by atoms with Crippen LogP contribution in [0.5, 0.6) is 0 Å². The van der Waals surface area contributed by atoms with Crippen LogP contribution in [0.15, 0.2) is 22.3 Å². The summed E-state index contributed by atoms with van der Waals surface area (Å²) in [7, 11) is 0. The highest BCUT2D eigenvalue weighted by Crippen LogP contribution is 2.42. The lowest BCUT2D eigenvalue weighted by Crippen LogP contribution is -2.25. The monoisotopic (exact) mass is 757 g/mol. The standard InChI is InChI=1S/2C25H46O2/c2*1-22-23(25(2,3)20-19-24(22)27)18-16-14-12-10-8-6-4-5-7-9-11-13-15-17-21-26/h2*26H,4-21H2,1-3H3. The van der Waals surface area contributed by atoms with Crippen molar-refractivity contribution in [3.05, 3.63) is 22.3 Å². The summed E-state index contributed by atoms with van der Waals surface area (Å²) in [5, 5.41) is 17.5. The first-order chi connectivity index (χ1) is 26.0. The van der Waals surface area contributed by atoms with Crippen LogP contribution in [0.1, 0.15) is 260 Å². The fourth-order valence-corrected chi connectivity index (χ4v) is 9.00. The van der Waals surface area contributed by atoms with Gasteiger partial charge < -0.3 is 10.2 Å². The average Bonchev–Trinajstić information content (AvgIpc) is 3.14. The number of aliphatic hydroxyl groups excluding tert-OH is 2. The molecule has 54 heavy (non-hydrogen) atoms. The van der Waals surface area contributed by atoms with Gasteiger partial charge in [0.1, 0.15) is 0 Å². The molecule has 2 aliphatic carbocycles. The maximum Gasteiger partial charge on any atom is 0.158 e. The van der Waals surface area contributed by atoms with Crippen molar-refractivity contribution in [2.75, 3.05) is 13.2 Å². The predicted molar refractivity (Wildman–Crippen MR) is 234 cm³/mol. The second-order valence-electron chi connectivity index (χ2n) is 18.7. The third-order valence-electron chi connectivity index (χ3n) is 13.0. The summed E-state index contributed by atoms with van der Waals surface area (Å²) in [5.41, 5.74) is 5.48. The number of carbonyl (C=O) groups excluding carboxylic acids is 2. The topological polar surface area (TPSA) is 74.6 Å². The zero-order valence-electron chi connectivity index (χ0n) is 37.2. The van der Waals surface area contributed by atoms with E-state index < -0.39 is 0 Å². The number of hydrogen-bond donors (Lipinski definition) is 2. The minimum Gasteiger partial charge on any atom is -0.396 e. The molecule has 0 aromatic rings. The molecule has 0 aliphatic heterocycles. The van der Waals surface area contributed by atoms with Crippen LogP contribution < -0.4 is 0 Å². The van der Waals surface area contributed by atoms with E-state index in [1.165, 1.54) is 178 Å². The van der Waals surface area contributed by atoms with Gasteiger partial charge in [0.25, 0.3) is 0 Å². The smallest absolute Gasteiger partial charge is 0.158 e. The SMILES string of the molecule is CC1=C(CCCCCCCCCCCCCCCCO)C(C)(C)CCC1=O.CC1=C(CCCCCCCCCCCCCCCCO)C(C)(C)CCC1=O. The van der Waals surface area contributed by atoms with Crippen LogP contribution in [0.25, 0.3) is 0 Å². The van der Waals surface area contributed by atoms with Crippen molar-refractivity contribution in [1.82, 2.24) is 0 Å². The largest absolute Gasteiger partial charge is 0.396 e. The van der Waals surface area contributed by atoms with Crippen molar-refractivity contribution in [2.24, 2.45) is 10.8 Å². The van der Waals surface area contributed by atoms with Crippen molar-refractivity contribution in [1.29, 1.82) is 0 Å². The lowest BCUT2D eigenvalue weighted by molar-refractivity contribution is -0.117. The Hall–Kier alpha value is -1.26. The van der Waals surface area contributed by atoms with Crippen LogP contribution in [0.2, 0.25) is 0 Å². The maximum absolute atomic E-state index is 12.0. The highest BCUT2D eigenvalue weighted by Gasteiger charge is 2.32. The highest BCUT2D eigenvalue weighted by atomic mass is 16.3. The summed E-state index contributed by atoms with van der Waals surface area (Å²) in [6.07, 6.45) is 42.7. The molecule has 4 heteroatoms. The first-order valence-corrected chi connectivity index (χ1v) is 23.7. The summed E-state index contributed by atoms with van der Waals surface area (Å²) < 4.78 is 0. The van der Waals surface area contributed by atoms with Crippen molar-refractivity contribution in [3.63, 3.8) is 0 Å². The second kappa shape index (κ2) is 31.8. The van der Waals surface area contributed by atoms with E-state index in [0.29, 0.717) is 24.8 Å². The Morgan fingerprint density at radius 2 is 0.574 bits per heavy atom. The Bertz CT molecular complexity index is 949. The van der Waals surface area contributed by atoms with E-state index in [1.807, 2.05) is 13.8 Å². The van der Waals surface area contributed by atoms with Gasteiger partial charge in [0, 0.05) is 26.1 Å². The highest BCUT2D eigenvalue weighted by molar-refractivity contribution is 5.97. The zero-order valence-corrected chi connectivity index (χ0v) is 37.2. The van der Waals surface area contributed by atoms with Gasteiger partial charge in [0.05, 0.1) is 0 Å². The fourth-order valence-electron chi connectivity index (χ4n) is 9.00. The minimum atomic E-state index is 0.233. The zero-order chi connectivity index (χ0) is 39.9. The Morgan fingerprint density at radius 1 is 0.370 bits per heavy atom. The predicted octanol–water partition coefficient (Wildman–Crippen LogP) is 15.1. The van der Waals surface area contributed by atoms with Gasteiger partial charge in [0.15, 0.2) is 11.6 Å². The molecule has 4 nitrogen and oxygen atoms in total. The van der Waals surface area contributed by atoms with Gasteiger partial charge in [-0.05, 0) is 87.2 Å². The molecule has 0 spiro atoms. The van der Waals surface area contributed by atoms with Crippen LogP contribution in [-0.2, 0) is 9.59 Å². The number of unbranched alkanes of at least 4 members (excludes halogenated alkanes) is 26. The lowest BCUT2D eigenvalue weighted by Gasteiger charge is -2.34. The first kappa shape index (κ1) is 50.8. The Balaban J connectivity index is 0.000000540. The Kier molecular flexibility index (Phi) is 29.9. The molecule has 0 atom stereocenters. The summed E-state index contributed by atoms with van der Waals surface area (Å²) in [6, 6.07) is 0. The molecule has 2 rings (SSSR count). The van der Waals surface area contributed by atoms with Crippen molar-refractivity contribution in [3.8, 4) is 0 Å². The Labute approximate surface area is 336 Å². The molecule has 2 N–H and O–H groups in total. The van der Waals surface area contributed by atoms with Crippen molar-refractivity contribution < 1.29 is 19.8 Å². The van der Waals surface area contributed by atoms with Crippen LogP contribution in [0, 0.1) is 10.8 Å². The average molecular weight is 757 g/mol. The van der Waals surface area contributed by atoms with E-state index in [-0.39, 0.29) is 10.8 Å². The molecule has 0 amide bonds. The minimum absolute atomic E-state index is 0.233. The van der Waals surface area contributed by atoms with Gasteiger partial charge >= 0.3 is 0 Å². The Morgan fingerprint density at radius 3 is 0.796 bits per heavy atom. The van der Waals surface area contributed by atoms with Crippen LogP contribution in [-0.4, -0.2) is 35.0 Å². The number of Topliss-reactive ketones (excluding diaryl/α,β-unsaturated/α-hetero) is 2. The second-order valence-corrected chi connectivity index (χ2v) is 18.7.